The van der Waals surface area contributed by atoms with Crippen LogP contribution in [0, 0.1) is 5.92 Å². The second-order valence-electron chi connectivity index (χ2n) is 8.20. The molecule has 2 aromatic carbocycles. The molecule has 2 aliphatic rings. The summed E-state index contributed by atoms with van der Waals surface area (Å²) >= 11 is 0. The van der Waals surface area contributed by atoms with Crippen LogP contribution in [0.4, 0.5) is 5.69 Å². The number of Topliss-reactive ketones (excluding diaryl/α,β-unsaturated/α-hetero) is 1. The van der Waals surface area contributed by atoms with Crippen molar-refractivity contribution < 1.29 is 19.0 Å². The zero-order valence-electron chi connectivity index (χ0n) is 17.0. The van der Waals surface area contributed by atoms with Gasteiger partial charge in [0.2, 0.25) is 6.79 Å². The maximum atomic E-state index is 12.5. The van der Waals surface area contributed by atoms with Crippen molar-refractivity contribution >= 4 is 11.5 Å². The number of nitrogens with zero attached hydrogens (tertiary/aromatic N) is 1. The summed E-state index contributed by atoms with van der Waals surface area (Å²) in [5, 5.41) is 0. The Hall–Kier alpha value is -2.69. The Balaban J connectivity index is 1.79. The lowest BCUT2D eigenvalue weighted by Gasteiger charge is -2.28. The second-order valence-corrected chi connectivity index (χ2v) is 8.20. The Bertz CT molecular complexity index is 904. The van der Waals surface area contributed by atoms with Crippen molar-refractivity contribution in [2.45, 2.75) is 32.6 Å². The first kappa shape index (κ1) is 18.7. The van der Waals surface area contributed by atoms with E-state index in [0.29, 0.717) is 25.4 Å². The Morgan fingerprint density at radius 2 is 1.86 bits per heavy atom. The maximum Gasteiger partial charge on any atom is 0.231 e. The molecule has 1 aliphatic carbocycles. The van der Waals surface area contributed by atoms with E-state index in [0.717, 1.165) is 39.6 Å². The van der Waals surface area contributed by atoms with E-state index >= 15 is 0 Å². The molecule has 0 aromatic heterocycles. The zero-order chi connectivity index (χ0) is 19.8. The fourth-order valence-corrected chi connectivity index (χ4v) is 3.85. The molecule has 2 aromatic rings. The molecule has 1 unspecified atom stereocenters. The molecule has 4 rings (SSSR count). The molecule has 0 radical (unpaired) electrons. The van der Waals surface area contributed by atoms with E-state index in [1.165, 1.54) is 0 Å². The van der Waals surface area contributed by atoms with Gasteiger partial charge in [0.1, 0.15) is 11.5 Å². The monoisotopic (exact) mass is 381 g/mol. The number of ether oxygens (including phenoxy) is 3. The van der Waals surface area contributed by atoms with Crippen molar-refractivity contribution in [1.82, 2.24) is 0 Å². The number of anilines is 1. The van der Waals surface area contributed by atoms with Gasteiger partial charge in [0.05, 0.1) is 6.61 Å². The normalized spacial score (nSPS) is 17.6. The van der Waals surface area contributed by atoms with Crippen molar-refractivity contribution in [1.29, 1.82) is 0 Å². The number of benzene rings is 2. The van der Waals surface area contributed by atoms with Gasteiger partial charge in [0.25, 0.3) is 0 Å². The molecule has 0 spiro atoms. The van der Waals surface area contributed by atoms with Crippen molar-refractivity contribution in [2.75, 3.05) is 32.4 Å². The first-order valence-corrected chi connectivity index (χ1v) is 9.80. The molecule has 0 saturated carbocycles. The van der Waals surface area contributed by atoms with Gasteiger partial charge < -0.3 is 19.1 Å². The fourth-order valence-electron chi connectivity index (χ4n) is 3.85. The van der Waals surface area contributed by atoms with Crippen LogP contribution in [-0.2, 0) is 11.2 Å². The average molecular weight is 381 g/mol. The predicted octanol–water partition coefficient (Wildman–Crippen LogP) is 4.16. The van der Waals surface area contributed by atoms with Gasteiger partial charge in [0, 0.05) is 50.2 Å². The van der Waals surface area contributed by atoms with Gasteiger partial charge >= 0.3 is 0 Å². The summed E-state index contributed by atoms with van der Waals surface area (Å²) in [5.74, 6) is 2.96. The van der Waals surface area contributed by atoms with Crippen LogP contribution in [-0.4, -0.2) is 33.3 Å². The molecule has 0 fully saturated rings. The van der Waals surface area contributed by atoms with Crippen molar-refractivity contribution in [3.63, 3.8) is 0 Å². The first-order valence-electron chi connectivity index (χ1n) is 9.80. The highest BCUT2D eigenvalue weighted by Gasteiger charge is 2.31. The van der Waals surface area contributed by atoms with Crippen molar-refractivity contribution in [3.05, 3.63) is 47.0 Å². The van der Waals surface area contributed by atoms with E-state index < -0.39 is 0 Å². The average Bonchev–Trinajstić information content (AvgIpc) is 3.11. The Kier molecular flexibility index (Phi) is 4.92. The molecule has 1 aliphatic heterocycles. The molecular weight excluding hydrogens is 354 g/mol. The third-order valence-corrected chi connectivity index (χ3v) is 5.29. The van der Waals surface area contributed by atoms with Gasteiger partial charge in [-0.25, -0.2) is 0 Å². The Morgan fingerprint density at radius 1 is 1.11 bits per heavy atom. The summed E-state index contributed by atoms with van der Waals surface area (Å²) in [6, 6.07) is 10.3. The minimum atomic E-state index is -0.0378. The minimum absolute atomic E-state index is 0.0378. The minimum Gasteiger partial charge on any atom is -0.493 e. The van der Waals surface area contributed by atoms with Crippen LogP contribution in [0.15, 0.2) is 30.3 Å². The molecule has 5 heteroatoms. The first-order chi connectivity index (χ1) is 13.4. The number of hydrogen-bond donors (Lipinski definition) is 0. The van der Waals surface area contributed by atoms with E-state index in [9.17, 15) is 4.79 Å². The van der Waals surface area contributed by atoms with Crippen LogP contribution < -0.4 is 19.1 Å². The van der Waals surface area contributed by atoms with Crippen LogP contribution in [0.1, 0.15) is 42.9 Å². The van der Waals surface area contributed by atoms with Crippen LogP contribution in [0.25, 0.3) is 0 Å². The SMILES string of the molecule is CC(C)COc1cc(N(C)C)ccc1C1CC(=O)Cc2cc3c(cc21)OCO3. The van der Waals surface area contributed by atoms with Crippen molar-refractivity contribution in [2.24, 2.45) is 5.92 Å². The highest BCUT2D eigenvalue weighted by atomic mass is 16.7. The number of carbonyl (C=O) groups is 1. The molecular formula is C23H27NO4. The summed E-state index contributed by atoms with van der Waals surface area (Å²) in [6.07, 6.45) is 0.923. The summed E-state index contributed by atoms with van der Waals surface area (Å²) < 4.78 is 17.3. The number of rotatable bonds is 5. The molecule has 1 heterocycles. The highest BCUT2D eigenvalue weighted by molar-refractivity contribution is 5.85. The van der Waals surface area contributed by atoms with Gasteiger partial charge in [-0.2, -0.15) is 0 Å². The fraction of sp³-hybridized carbons (Fsp3) is 0.435. The highest BCUT2D eigenvalue weighted by Crippen LogP contribution is 2.45. The van der Waals surface area contributed by atoms with E-state index in [4.69, 9.17) is 14.2 Å². The smallest absolute Gasteiger partial charge is 0.231 e. The van der Waals surface area contributed by atoms with E-state index in [1.54, 1.807) is 0 Å². The number of hydrogen-bond acceptors (Lipinski definition) is 5. The van der Waals surface area contributed by atoms with Crippen LogP contribution in [0.2, 0.25) is 0 Å². The predicted molar refractivity (Wildman–Crippen MR) is 109 cm³/mol. The lowest BCUT2D eigenvalue weighted by Crippen LogP contribution is -2.20. The van der Waals surface area contributed by atoms with Crippen LogP contribution in [0.5, 0.6) is 17.2 Å². The number of ketones is 1. The second kappa shape index (κ2) is 7.38. The summed E-state index contributed by atoms with van der Waals surface area (Å²) in [6.45, 7) is 5.14. The van der Waals surface area contributed by atoms with Crippen LogP contribution >= 0.6 is 0 Å². The third-order valence-electron chi connectivity index (χ3n) is 5.29. The van der Waals surface area contributed by atoms with Crippen molar-refractivity contribution in [3.8, 4) is 17.2 Å². The van der Waals surface area contributed by atoms with Gasteiger partial charge in [-0.1, -0.05) is 19.9 Å². The lowest BCUT2D eigenvalue weighted by atomic mass is 9.77. The van der Waals surface area contributed by atoms with Gasteiger partial charge in [-0.3, -0.25) is 4.79 Å². The van der Waals surface area contributed by atoms with Gasteiger partial charge in [-0.15, -0.1) is 0 Å². The Labute approximate surface area is 166 Å². The Morgan fingerprint density at radius 3 is 2.57 bits per heavy atom. The molecule has 0 bridgehead atoms. The van der Waals surface area contributed by atoms with E-state index in [2.05, 4.69) is 36.9 Å². The van der Waals surface area contributed by atoms with E-state index in [-0.39, 0.29) is 18.5 Å². The topological polar surface area (TPSA) is 48.0 Å². The van der Waals surface area contributed by atoms with Gasteiger partial charge in [-0.05, 0) is 35.2 Å². The summed E-state index contributed by atoms with van der Waals surface area (Å²) in [5.41, 5.74) is 4.29. The third kappa shape index (κ3) is 3.53. The maximum absolute atomic E-state index is 12.5. The number of fused-ring (bicyclic) bond motifs is 2. The largest absolute Gasteiger partial charge is 0.493 e. The zero-order valence-corrected chi connectivity index (χ0v) is 17.0. The lowest BCUT2D eigenvalue weighted by molar-refractivity contribution is -0.119. The quantitative estimate of drug-likeness (QED) is 0.778. The molecule has 0 saturated heterocycles. The van der Waals surface area contributed by atoms with Gasteiger partial charge in [0.15, 0.2) is 11.5 Å². The standard InChI is InChI=1S/C23H27NO4/c1-14(2)12-26-21-9-16(24(3)4)5-6-18(21)20-10-17(25)7-15-8-22-23(11-19(15)20)28-13-27-22/h5-6,8-9,11,14,20H,7,10,12-13H2,1-4H3. The van der Waals surface area contributed by atoms with E-state index in [1.807, 2.05) is 26.2 Å². The molecule has 5 nitrogen and oxygen atoms in total. The molecule has 28 heavy (non-hydrogen) atoms. The summed E-state index contributed by atoms with van der Waals surface area (Å²) in [4.78, 5) is 14.6. The number of carbonyl (C=O) groups excluding carboxylic acids is 1. The summed E-state index contributed by atoms with van der Waals surface area (Å²) in [7, 11) is 4.03. The molecule has 1 atom stereocenters. The van der Waals surface area contributed by atoms with Crippen LogP contribution in [0.3, 0.4) is 0 Å². The molecule has 0 amide bonds. The molecule has 148 valence electrons. The molecule has 0 N–H and O–H groups in total.